The summed E-state index contributed by atoms with van der Waals surface area (Å²) < 4.78 is 2.11. The summed E-state index contributed by atoms with van der Waals surface area (Å²) in [4.78, 5) is 33.3. The van der Waals surface area contributed by atoms with Gasteiger partial charge in [-0.25, -0.2) is 4.99 Å². The van der Waals surface area contributed by atoms with Gasteiger partial charge in [0.1, 0.15) is 17.9 Å². The minimum Gasteiger partial charge on any atom is -0.334 e. The fourth-order valence-electron chi connectivity index (χ4n) is 4.00. The number of benzene rings is 2. The lowest BCUT2D eigenvalue weighted by atomic mass is 10.0. The Labute approximate surface area is 171 Å². The first-order chi connectivity index (χ1) is 13.9. The molecule has 1 N–H and O–H groups in total. The molecule has 2 aromatic carbocycles. The second-order valence-corrected chi connectivity index (χ2v) is 8.58. The van der Waals surface area contributed by atoms with Gasteiger partial charge >= 0.3 is 0 Å². The Morgan fingerprint density at radius 3 is 2.69 bits per heavy atom. The maximum Gasteiger partial charge on any atom is 0.272 e. The second-order valence-electron chi connectivity index (χ2n) is 7.60. The number of thiazole rings is 1. The summed E-state index contributed by atoms with van der Waals surface area (Å²) in [6.45, 7) is 6.92. The van der Waals surface area contributed by atoms with Crippen molar-refractivity contribution in [2.24, 2.45) is 4.99 Å². The Morgan fingerprint density at radius 1 is 1.07 bits per heavy atom. The van der Waals surface area contributed by atoms with E-state index < -0.39 is 0 Å². The van der Waals surface area contributed by atoms with E-state index >= 15 is 0 Å². The van der Waals surface area contributed by atoms with Crippen LogP contribution in [0.1, 0.15) is 22.3 Å². The maximum atomic E-state index is 13.3. The van der Waals surface area contributed by atoms with Gasteiger partial charge in [-0.15, -0.1) is 0 Å². The average molecular weight is 404 g/mol. The van der Waals surface area contributed by atoms with Crippen molar-refractivity contribution in [1.82, 2.24) is 4.57 Å². The van der Waals surface area contributed by atoms with E-state index in [1.54, 1.807) is 4.57 Å². The molecular weight excluding hydrogens is 384 g/mol. The molecule has 0 radical (unpaired) electrons. The molecule has 0 saturated carbocycles. The smallest absolute Gasteiger partial charge is 0.272 e. The Kier molecular flexibility index (Phi) is 3.96. The highest BCUT2D eigenvalue weighted by molar-refractivity contribution is 7.07. The molecule has 29 heavy (non-hydrogen) atoms. The van der Waals surface area contributed by atoms with Crippen LogP contribution in [-0.2, 0) is 11.5 Å². The van der Waals surface area contributed by atoms with Gasteiger partial charge in [0.15, 0.2) is 4.80 Å². The molecule has 0 spiro atoms. The molecule has 0 unspecified atom stereocenters. The van der Waals surface area contributed by atoms with Gasteiger partial charge in [0.05, 0.1) is 11.3 Å². The molecule has 0 fully saturated rings. The number of nitrogens with one attached hydrogen (secondary N) is 1. The monoisotopic (exact) mass is 404 g/mol. The number of rotatable bonds is 1. The van der Waals surface area contributed by atoms with Gasteiger partial charge in [-0.3, -0.25) is 14.2 Å². The Bertz CT molecular complexity index is 1370. The van der Waals surface area contributed by atoms with Crippen LogP contribution in [0.2, 0.25) is 0 Å². The van der Waals surface area contributed by atoms with Crippen LogP contribution in [0.4, 0.5) is 11.4 Å². The van der Waals surface area contributed by atoms with Gasteiger partial charge in [0.2, 0.25) is 0 Å². The highest BCUT2D eigenvalue weighted by Gasteiger charge is 2.29. The topological polar surface area (TPSA) is 66.7 Å². The van der Waals surface area contributed by atoms with Crippen molar-refractivity contribution in [3.8, 4) is 0 Å². The standard InChI is InChI=1S/C22H20N4O2S/c1-12-5-4-6-15(8-12)25-10-23-22-26(11-25)21(28)19(29-22)17-16-9-13(2)7-14(3)18(16)24-20(17)27/h4-9H,10-11H2,1-3H3,(H,24,27)/b19-17-. The zero-order valence-corrected chi connectivity index (χ0v) is 17.3. The van der Waals surface area contributed by atoms with E-state index in [2.05, 4.69) is 21.3 Å². The molecule has 2 aliphatic rings. The Balaban J connectivity index is 1.67. The fraction of sp³-hybridized carbons (Fsp3) is 0.227. The van der Waals surface area contributed by atoms with Gasteiger partial charge < -0.3 is 10.2 Å². The normalized spacial score (nSPS) is 16.9. The first-order valence-corrected chi connectivity index (χ1v) is 10.3. The molecule has 0 aliphatic carbocycles. The number of fused-ring (bicyclic) bond motifs is 2. The number of carbonyl (C=O) groups is 1. The van der Waals surface area contributed by atoms with E-state index in [0.29, 0.717) is 28.2 Å². The first-order valence-electron chi connectivity index (χ1n) is 9.45. The zero-order chi connectivity index (χ0) is 20.3. The molecule has 5 rings (SSSR count). The number of hydrogen-bond acceptors (Lipinski definition) is 5. The summed E-state index contributed by atoms with van der Waals surface area (Å²) in [5, 5.41) is 2.93. The van der Waals surface area contributed by atoms with E-state index in [1.807, 2.05) is 51.1 Å². The van der Waals surface area contributed by atoms with Gasteiger partial charge in [-0.2, -0.15) is 0 Å². The molecule has 0 saturated heterocycles. The maximum absolute atomic E-state index is 13.3. The summed E-state index contributed by atoms with van der Waals surface area (Å²) in [6, 6.07) is 12.1. The van der Waals surface area contributed by atoms with E-state index in [4.69, 9.17) is 0 Å². The van der Waals surface area contributed by atoms with Gasteiger partial charge in [-0.05, 0) is 50.1 Å². The number of amides is 1. The molecule has 7 heteroatoms. The lowest BCUT2D eigenvalue weighted by molar-refractivity contribution is -0.110. The van der Waals surface area contributed by atoms with Crippen molar-refractivity contribution >= 4 is 34.2 Å². The number of nitrogens with zero attached hydrogens (tertiary/aromatic N) is 3. The van der Waals surface area contributed by atoms with Crippen LogP contribution in [0.15, 0.2) is 46.2 Å². The third kappa shape index (κ3) is 2.81. The van der Waals surface area contributed by atoms with Crippen LogP contribution < -0.4 is 25.1 Å². The van der Waals surface area contributed by atoms with Gasteiger partial charge in [0, 0.05) is 11.3 Å². The van der Waals surface area contributed by atoms with Crippen molar-refractivity contribution in [2.75, 3.05) is 16.9 Å². The summed E-state index contributed by atoms with van der Waals surface area (Å²) in [6.07, 6.45) is 0. The average Bonchev–Trinajstić information content (AvgIpc) is 3.18. The molecule has 3 aromatic rings. The van der Waals surface area contributed by atoms with Crippen molar-refractivity contribution in [2.45, 2.75) is 27.4 Å². The second kappa shape index (κ2) is 6.42. The summed E-state index contributed by atoms with van der Waals surface area (Å²) in [5.41, 5.74) is 6.15. The Hall–Kier alpha value is -3.19. The molecule has 6 nitrogen and oxygen atoms in total. The van der Waals surface area contributed by atoms with E-state index in [-0.39, 0.29) is 11.5 Å². The van der Waals surface area contributed by atoms with Crippen molar-refractivity contribution in [3.05, 3.63) is 78.3 Å². The van der Waals surface area contributed by atoms with Crippen molar-refractivity contribution in [3.63, 3.8) is 0 Å². The van der Waals surface area contributed by atoms with Crippen LogP contribution in [0.3, 0.4) is 0 Å². The molecule has 3 heterocycles. The van der Waals surface area contributed by atoms with Crippen LogP contribution in [0.5, 0.6) is 0 Å². The molecule has 0 atom stereocenters. The number of hydrogen-bond donors (Lipinski definition) is 1. The van der Waals surface area contributed by atoms with Crippen LogP contribution in [-0.4, -0.2) is 17.1 Å². The molecule has 1 aromatic heterocycles. The minimum atomic E-state index is -0.222. The van der Waals surface area contributed by atoms with Gasteiger partial charge in [-0.1, -0.05) is 35.1 Å². The highest BCUT2D eigenvalue weighted by atomic mass is 32.1. The third-order valence-corrected chi connectivity index (χ3v) is 6.48. The van der Waals surface area contributed by atoms with Crippen LogP contribution in [0.25, 0.3) is 5.57 Å². The van der Waals surface area contributed by atoms with E-state index in [0.717, 1.165) is 33.6 Å². The van der Waals surface area contributed by atoms with E-state index in [1.165, 1.54) is 11.3 Å². The number of aromatic nitrogens is 1. The van der Waals surface area contributed by atoms with E-state index in [9.17, 15) is 9.59 Å². The number of anilines is 2. The Morgan fingerprint density at radius 2 is 1.90 bits per heavy atom. The lowest BCUT2D eigenvalue weighted by Crippen LogP contribution is -2.43. The SMILES string of the molecule is Cc1cccc(N2CN=c3s/c(=C4\C(=O)Nc5c(C)cc(C)cc54)c(=O)n3C2)c1. The predicted octanol–water partition coefficient (Wildman–Crippen LogP) is 2.04. The van der Waals surface area contributed by atoms with Crippen molar-refractivity contribution < 1.29 is 4.79 Å². The summed E-state index contributed by atoms with van der Waals surface area (Å²) >= 11 is 1.30. The summed E-state index contributed by atoms with van der Waals surface area (Å²) in [5.74, 6) is -0.222. The predicted molar refractivity (Wildman–Crippen MR) is 115 cm³/mol. The molecule has 1 amide bonds. The zero-order valence-electron chi connectivity index (χ0n) is 16.4. The van der Waals surface area contributed by atoms with Crippen LogP contribution >= 0.6 is 11.3 Å². The molecule has 2 aliphatic heterocycles. The summed E-state index contributed by atoms with van der Waals surface area (Å²) in [7, 11) is 0. The van der Waals surface area contributed by atoms with Crippen LogP contribution in [0, 0.1) is 20.8 Å². The molecule has 0 bridgehead atoms. The third-order valence-electron chi connectivity index (χ3n) is 5.36. The molecular formula is C22H20N4O2S. The number of carbonyl (C=O) groups excluding carboxylic acids is 1. The fourth-order valence-corrected chi connectivity index (χ4v) is 5.06. The number of aryl methyl sites for hydroxylation is 3. The quantitative estimate of drug-likeness (QED) is 0.675. The highest BCUT2D eigenvalue weighted by Crippen LogP contribution is 2.33. The largest absolute Gasteiger partial charge is 0.334 e. The minimum absolute atomic E-state index is 0.164. The molecule has 146 valence electrons. The van der Waals surface area contributed by atoms with Crippen molar-refractivity contribution in [1.29, 1.82) is 0 Å². The lowest BCUT2D eigenvalue weighted by Gasteiger charge is -2.25. The van der Waals surface area contributed by atoms with Gasteiger partial charge in [0.25, 0.3) is 11.5 Å². The first kappa shape index (κ1) is 17.9.